The van der Waals surface area contributed by atoms with Crippen LogP contribution in [0.1, 0.15) is 33.6 Å². The number of carbonyl (C=O) groups excluding carboxylic acids is 2. The second-order valence-electron chi connectivity index (χ2n) is 5.27. The van der Waals surface area contributed by atoms with E-state index in [1.54, 1.807) is 22.6 Å². The molecule has 0 bridgehead atoms. The third-order valence-electron chi connectivity index (χ3n) is 2.61. The first-order valence-corrected chi connectivity index (χ1v) is 6.51. The van der Waals surface area contributed by atoms with Crippen molar-refractivity contribution in [2.45, 2.75) is 39.7 Å². The number of nitrogens with one attached hydrogen (secondary N) is 1. The van der Waals surface area contributed by atoms with Crippen LogP contribution in [-0.4, -0.2) is 22.5 Å². The number of esters is 1. The predicted octanol–water partition coefficient (Wildman–Crippen LogP) is 2.50. The molecule has 1 saturated carbocycles. The van der Waals surface area contributed by atoms with Crippen LogP contribution in [0.4, 0.5) is 4.79 Å². The summed E-state index contributed by atoms with van der Waals surface area (Å²) in [5.74, 6) is 0.311. The van der Waals surface area contributed by atoms with Gasteiger partial charge in [0.15, 0.2) is 0 Å². The molecule has 1 amide bonds. The lowest BCUT2D eigenvalue weighted by Crippen LogP contribution is -2.41. The van der Waals surface area contributed by atoms with Gasteiger partial charge >= 0.3 is 5.97 Å². The second-order valence-corrected chi connectivity index (χ2v) is 6.25. The fraction of sp³-hybridized carbons (Fsp3) is 0.818. The summed E-state index contributed by atoms with van der Waals surface area (Å²) < 4.78 is 5.30. The van der Waals surface area contributed by atoms with Crippen molar-refractivity contribution in [2.75, 3.05) is 6.54 Å². The zero-order valence-electron chi connectivity index (χ0n) is 9.88. The largest absolute Gasteiger partial charge is 0.462 e. The molecule has 0 aromatic rings. The summed E-state index contributed by atoms with van der Waals surface area (Å²) in [5, 5.41) is 2.76. The molecule has 1 aliphatic carbocycles. The number of ether oxygens (including phenoxy) is 1. The van der Waals surface area contributed by atoms with Crippen LogP contribution in [0, 0.1) is 11.3 Å². The van der Waals surface area contributed by atoms with Crippen LogP contribution >= 0.6 is 22.6 Å². The van der Waals surface area contributed by atoms with Crippen LogP contribution in [0.5, 0.6) is 0 Å². The van der Waals surface area contributed by atoms with Gasteiger partial charge in [-0.1, -0.05) is 0 Å². The van der Waals surface area contributed by atoms with E-state index >= 15 is 0 Å². The van der Waals surface area contributed by atoms with Gasteiger partial charge in [0, 0.05) is 29.1 Å². The van der Waals surface area contributed by atoms with Crippen molar-refractivity contribution in [1.82, 2.24) is 5.32 Å². The van der Waals surface area contributed by atoms with Gasteiger partial charge in [-0.15, -0.1) is 0 Å². The molecule has 4 nitrogen and oxygen atoms in total. The van der Waals surface area contributed by atoms with Crippen LogP contribution in [-0.2, 0) is 9.53 Å². The summed E-state index contributed by atoms with van der Waals surface area (Å²) in [4.78, 5) is 22.2. The van der Waals surface area contributed by atoms with E-state index in [0.29, 0.717) is 12.5 Å². The van der Waals surface area contributed by atoms with E-state index in [4.69, 9.17) is 4.74 Å². The molecule has 5 heteroatoms. The molecule has 0 aliphatic heterocycles. The number of hydrogen-bond donors (Lipinski definition) is 1. The van der Waals surface area contributed by atoms with Crippen molar-refractivity contribution >= 4 is 32.5 Å². The summed E-state index contributed by atoms with van der Waals surface area (Å²) in [6, 6.07) is 0. The highest BCUT2D eigenvalue weighted by Gasteiger charge is 2.34. The van der Waals surface area contributed by atoms with Crippen molar-refractivity contribution in [3.63, 3.8) is 0 Å². The van der Waals surface area contributed by atoms with Crippen molar-refractivity contribution in [2.24, 2.45) is 11.3 Å². The van der Waals surface area contributed by atoms with E-state index in [2.05, 4.69) is 5.32 Å². The Morgan fingerprint density at radius 2 is 1.94 bits per heavy atom. The zero-order chi connectivity index (χ0) is 12.3. The summed E-state index contributed by atoms with van der Waals surface area (Å²) in [5.41, 5.74) is -0.429. The Hall–Kier alpha value is -0.330. The third-order valence-corrected chi connectivity index (χ3v) is 2.99. The molecule has 0 aromatic heterocycles. The van der Waals surface area contributed by atoms with Crippen molar-refractivity contribution in [3.05, 3.63) is 0 Å². The average molecular weight is 339 g/mol. The van der Waals surface area contributed by atoms with E-state index in [0.717, 1.165) is 12.8 Å². The summed E-state index contributed by atoms with van der Waals surface area (Å²) in [6.07, 6.45) is 1.76. The molecule has 0 spiro atoms. The molecule has 0 radical (unpaired) electrons. The van der Waals surface area contributed by atoms with E-state index in [-0.39, 0.29) is 16.0 Å². The van der Waals surface area contributed by atoms with Gasteiger partial charge < -0.3 is 10.1 Å². The molecular weight excluding hydrogens is 321 g/mol. The molecule has 1 fully saturated rings. The Morgan fingerprint density at radius 1 is 1.38 bits per heavy atom. The van der Waals surface area contributed by atoms with Gasteiger partial charge in [0.2, 0.25) is 0 Å². The molecule has 0 atom stereocenters. The van der Waals surface area contributed by atoms with Gasteiger partial charge in [0.1, 0.15) is 6.10 Å². The maximum Gasteiger partial charge on any atom is 0.311 e. The quantitative estimate of drug-likeness (QED) is 0.372. The van der Waals surface area contributed by atoms with Crippen LogP contribution in [0.2, 0.25) is 0 Å². The molecule has 0 unspecified atom stereocenters. The van der Waals surface area contributed by atoms with Gasteiger partial charge in [-0.3, -0.25) is 9.59 Å². The number of rotatable bonds is 3. The Morgan fingerprint density at radius 3 is 2.38 bits per heavy atom. The molecule has 1 N–H and O–H groups in total. The summed E-state index contributed by atoms with van der Waals surface area (Å²) in [6.45, 7) is 6.23. The Labute approximate surface area is 110 Å². The molecule has 1 rings (SSSR count). The zero-order valence-corrected chi connectivity index (χ0v) is 12.0. The van der Waals surface area contributed by atoms with Gasteiger partial charge in [-0.25, -0.2) is 0 Å². The first kappa shape index (κ1) is 13.7. The van der Waals surface area contributed by atoms with Gasteiger partial charge in [0.25, 0.3) is 3.91 Å². The van der Waals surface area contributed by atoms with Crippen molar-refractivity contribution in [1.29, 1.82) is 0 Å². The molecule has 0 aromatic carbocycles. The third kappa shape index (κ3) is 4.27. The lowest BCUT2D eigenvalue weighted by atomic mass is 9.82. The minimum absolute atomic E-state index is 0.0345. The molecule has 1 aliphatic rings. The number of carbonyl (C=O) groups is 2. The fourth-order valence-electron chi connectivity index (χ4n) is 1.49. The number of hydrogen-bond acceptors (Lipinski definition) is 3. The van der Waals surface area contributed by atoms with E-state index < -0.39 is 5.41 Å². The van der Waals surface area contributed by atoms with Gasteiger partial charge in [-0.2, -0.15) is 0 Å². The lowest BCUT2D eigenvalue weighted by molar-refractivity contribution is -0.165. The van der Waals surface area contributed by atoms with Crippen molar-refractivity contribution < 1.29 is 14.3 Å². The van der Waals surface area contributed by atoms with Crippen LogP contribution in [0.25, 0.3) is 0 Å². The van der Waals surface area contributed by atoms with Crippen LogP contribution in [0.15, 0.2) is 0 Å². The molecule has 92 valence electrons. The minimum Gasteiger partial charge on any atom is -0.462 e. The van der Waals surface area contributed by atoms with Crippen LogP contribution in [0.3, 0.4) is 0 Å². The van der Waals surface area contributed by atoms with E-state index in [9.17, 15) is 9.59 Å². The SMILES string of the molecule is CC(C)(C)C(=O)OC1CC(CNC(=O)I)C1. The smallest absolute Gasteiger partial charge is 0.311 e. The monoisotopic (exact) mass is 339 g/mol. The average Bonchev–Trinajstić information content (AvgIpc) is 2.05. The highest BCUT2D eigenvalue weighted by Crippen LogP contribution is 2.31. The maximum absolute atomic E-state index is 11.5. The Bertz CT molecular complexity index is 279. The standard InChI is InChI=1S/C11H18INO3/c1-11(2,3)9(14)16-8-4-7(5-8)6-13-10(12)15/h7-8H,4-6H2,1-3H3,(H,13,15). The highest BCUT2D eigenvalue weighted by atomic mass is 127. The normalized spacial score (nSPS) is 24.5. The summed E-state index contributed by atoms with van der Waals surface area (Å²) in [7, 11) is 0. The summed E-state index contributed by atoms with van der Waals surface area (Å²) >= 11 is 1.72. The van der Waals surface area contributed by atoms with Gasteiger partial charge in [0.05, 0.1) is 5.41 Å². The maximum atomic E-state index is 11.5. The lowest BCUT2D eigenvalue weighted by Gasteiger charge is -2.36. The second kappa shape index (κ2) is 5.33. The molecular formula is C11H18INO3. The molecule has 16 heavy (non-hydrogen) atoms. The number of amides is 1. The molecule has 0 heterocycles. The van der Waals surface area contributed by atoms with E-state index in [1.807, 2.05) is 20.8 Å². The first-order chi connectivity index (χ1) is 7.29. The highest BCUT2D eigenvalue weighted by molar-refractivity contribution is 14.1. The Balaban J connectivity index is 2.17. The number of halogens is 1. The van der Waals surface area contributed by atoms with E-state index in [1.165, 1.54) is 0 Å². The first-order valence-electron chi connectivity index (χ1n) is 5.43. The predicted molar refractivity (Wildman–Crippen MR) is 69.5 cm³/mol. The molecule has 0 saturated heterocycles. The van der Waals surface area contributed by atoms with Crippen LogP contribution < -0.4 is 5.32 Å². The minimum atomic E-state index is -0.429. The van der Waals surface area contributed by atoms with Gasteiger partial charge in [-0.05, 0) is 39.5 Å². The fourth-order valence-corrected chi connectivity index (χ4v) is 1.71. The van der Waals surface area contributed by atoms with Crippen molar-refractivity contribution in [3.8, 4) is 0 Å². The topological polar surface area (TPSA) is 55.4 Å². The Kier molecular flexibility index (Phi) is 4.58.